The van der Waals surface area contributed by atoms with Crippen molar-refractivity contribution in [3.05, 3.63) is 94.8 Å². The highest BCUT2D eigenvalue weighted by atomic mass is 19.1. The van der Waals surface area contributed by atoms with Crippen molar-refractivity contribution in [1.82, 2.24) is 10.2 Å². The van der Waals surface area contributed by atoms with Crippen LogP contribution < -0.4 is 14.8 Å². The average Bonchev–Trinajstić information content (AvgIpc) is 2.97. The predicted octanol–water partition coefficient (Wildman–Crippen LogP) is 6.22. The van der Waals surface area contributed by atoms with Crippen LogP contribution in [0, 0.1) is 18.7 Å². The molecule has 1 N–H and O–H groups in total. The number of unbranched alkanes of at least 4 members (excludes halogenated alkanes) is 2. The largest absolute Gasteiger partial charge is 0.497 e. The van der Waals surface area contributed by atoms with Crippen molar-refractivity contribution in [1.29, 1.82) is 0 Å². The van der Waals surface area contributed by atoms with Crippen molar-refractivity contribution in [2.24, 2.45) is 5.92 Å². The van der Waals surface area contributed by atoms with Gasteiger partial charge < -0.3 is 19.7 Å². The van der Waals surface area contributed by atoms with Gasteiger partial charge in [-0.3, -0.25) is 4.79 Å². The van der Waals surface area contributed by atoms with E-state index in [9.17, 15) is 9.18 Å². The molecule has 3 atom stereocenters. The first-order valence-corrected chi connectivity index (χ1v) is 13.9. The van der Waals surface area contributed by atoms with Crippen molar-refractivity contribution in [3.63, 3.8) is 0 Å². The third kappa shape index (κ3) is 6.68. The Labute approximate surface area is 232 Å². The average molecular weight is 533 g/mol. The lowest BCUT2D eigenvalue weighted by molar-refractivity contribution is 0.0734. The molecule has 5 nitrogen and oxygen atoms in total. The molecule has 1 heterocycles. The lowest BCUT2D eigenvalue weighted by atomic mass is 9.67. The number of Topliss-reactive ketones (excluding diaryl/α,β-unsaturated/α-hetero) is 1. The van der Waals surface area contributed by atoms with Gasteiger partial charge in [-0.2, -0.15) is 0 Å². The fourth-order valence-electron chi connectivity index (χ4n) is 6.05. The zero-order valence-electron chi connectivity index (χ0n) is 23.6. The number of para-hydroxylation sites is 1. The third-order valence-corrected chi connectivity index (χ3v) is 8.08. The van der Waals surface area contributed by atoms with Gasteiger partial charge in [-0.15, -0.1) is 0 Å². The molecule has 1 aliphatic rings. The van der Waals surface area contributed by atoms with Gasteiger partial charge in [0.1, 0.15) is 17.3 Å². The number of carbonyl (C=O) groups excluding carboxylic acids is 1. The van der Waals surface area contributed by atoms with Crippen LogP contribution in [0.3, 0.4) is 0 Å². The summed E-state index contributed by atoms with van der Waals surface area (Å²) in [5.74, 6) is 0.637. The minimum atomic E-state index is -0.362. The molecule has 0 saturated carbocycles. The molecule has 1 aliphatic heterocycles. The highest BCUT2D eigenvalue weighted by Crippen LogP contribution is 2.47. The van der Waals surface area contributed by atoms with Crippen LogP contribution in [-0.2, 0) is 0 Å². The van der Waals surface area contributed by atoms with E-state index in [-0.39, 0.29) is 29.4 Å². The van der Waals surface area contributed by atoms with E-state index in [1.807, 2.05) is 62.5 Å². The Bertz CT molecular complexity index is 1250. The number of piperidine rings is 1. The Kier molecular flexibility index (Phi) is 10.1. The lowest BCUT2D eigenvalue weighted by Crippen LogP contribution is -2.47. The van der Waals surface area contributed by atoms with Crippen LogP contribution in [0.4, 0.5) is 4.39 Å². The van der Waals surface area contributed by atoms with Crippen LogP contribution in [0.5, 0.6) is 11.5 Å². The number of likely N-dealkylation sites (tertiary alicyclic amines) is 1. The van der Waals surface area contributed by atoms with E-state index in [2.05, 4.69) is 16.3 Å². The number of halogens is 1. The van der Waals surface area contributed by atoms with Crippen LogP contribution in [0.2, 0.25) is 0 Å². The zero-order chi connectivity index (χ0) is 27.8. The molecule has 3 aromatic carbocycles. The number of hydrogen-bond donors (Lipinski definition) is 1. The maximum atomic E-state index is 15.0. The molecule has 39 heavy (non-hydrogen) atoms. The van der Waals surface area contributed by atoms with Gasteiger partial charge in [0.05, 0.1) is 14.2 Å². The number of nitrogens with zero attached hydrogens (tertiary/aromatic N) is 1. The summed E-state index contributed by atoms with van der Waals surface area (Å²) in [6.45, 7) is 5.13. The Hall–Kier alpha value is -3.22. The van der Waals surface area contributed by atoms with E-state index >= 15 is 0 Å². The summed E-state index contributed by atoms with van der Waals surface area (Å²) < 4.78 is 26.2. The van der Waals surface area contributed by atoms with Gasteiger partial charge in [-0.1, -0.05) is 48.9 Å². The number of hydrogen-bond acceptors (Lipinski definition) is 5. The normalized spacial score (nSPS) is 19.6. The molecule has 208 valence electrons. The highest BCUT2D eigenvalue weighted by molar-refractivity contribution is 5.99. The summed E-state index contributed by atoms with van der Waals surface area (Å²) in [4.78, 5) is 16.7. The van der Waals surface area contributed by atoms with Gasteiger partial charge in [-0.25, -0.2) is 4.39 Å². The van der Waals surface area contributed by atoms with E-state index in [4.69, 9.17) is 9.47 Å². The van der Waals surface area contributed by atoms with Crippen molar-refractivity contribution in [2.75, 3.05) is 47.4 Å². The summed E-state index contributed by atoms with van der Waals surface area (Å²) in [6, 6.07) is 20.7. The first-order valence-electron chi connectivity index (χ1n) is 13.9. The van der Waals surface area contributed by atoms with Crippen molar-refractivity contribution in [2.45, 2.75) is 38.0 Å². The van der Waals surface area contributed by atoms with Gasteiger partial charge in [0, 0.05) is 36.4 Å². The summed E-state index contributed by atoms with van der Waals surface area (Å²) in [5.41, 5.74) is 3.16. The molecule has 0 spiro atoms. The molecule has 1 saturated heterocycles. The van der Waals surface area contributed by atoms with Crippen LogP contribution in [-0.4, -0.2) is 58.1 Å². The Morgan fingerprint density at radius 1 is 0.949 bits per heavy atom. The molecule has 0 aromatic heterocycles. The number of rotatable bonds is 12. The number of carbonyl (C=O) groups is 1. The Morgan fingerprint density at radius 3 is 2.49 bits per heavy atom. The maximum Gasteiger partial charge on any atom is 0.167 e. The van der Waals surface area contributed by atoms with Crippen molar-refractivity contribution >= 4 is 5.78 Å². The van der Waals surface area contributed by atoms with Crippen molar-refractivity contribution in [3.8, 4) is 11.5 Å². The predicted molar refractivity (Wildman–Crippen MR) is 155 cm³/mol. The summed E-state index contributed by atoms with van der Waals surface area (Å²) >= 11 is 0. The third-order valence-electron chi connectivity index (χ3n) is 8.08. The maximum absolute atomic E-state index is 15.0. The minimum absolute atomic E-state index is 0.0488. The molecule has 0 radical (unpaired) electrons. The molecule has 0 amide bonds. The Balaban J connectivity index is 1.80. The van der Waals surface area contributed by atoms with Crippen LogP contribution in [0.15, 0.2) is 66.7 Å². The second-order valence-electron chi connectivity index (χ2n) is 10.5. The molecular formula is C33H41FN2O3. The van der Waals surface area contributed by atoms with Gasteiger partial charge in [-0.05, 0) is 80.9 Å². The van der Waals surface area contributed by atoms with Crippen LogP contribution in [0.1, 0.15) is 58.1 Å². The highest BCUT2D eigenvalue weighted by Gasteiger charge is 2.43. The SMILES string of the molecule is CNCCCCCN1C[C@H](C(=O)c2cccc(OC)c2)[C@H](c2cccc(F)c2C)[C@@H](c2ccccc2OC)C1. The molecule has 1 fully saturated rings. The standard InChI is InChI=1S/C33H41FN2O3/c1-23-26(15-11-16-30(23)34)32-28(27-14-6-7-17-31(27)39-4)21-36(19-9-5-8-18-35-2)22-29(32)33(37)24-12-10-13-25(20-24)38-3/h6-7,10-17,20,28-29,32,35H,5,8-9,18-19,21-22H2,1-4H3/t28-,29+,32-/m1/s1. The van der Waals surface area contributed by atoms with E-state index in [1.54, 1.807) is 20.3 Å². The van der Waals surface area contributed by atoms with Crippen molar-refractivity contribution < 1.29 is 18.7 Å². The fourth-order valence-corrected chi connectivity index (χ4v) is 6.05. The van der Waals surface area contributed by atoms with E-state index in [1.165, 1.54) is 6.07 Å². The smallest absolute Gasteiger partial charge is 0.167 e. The molecule has 0 bridgehead atoms. The summed E-state index contributed by atoms with van der Waals surface area (Å²) in [5, 5.41) is 3.22. The topological polar surface area (TPSA) is 50.8 Å². The molecule has 4 rings (SSSR count). The van der Waals surface area contributed by atoms with E-state index in [0.29, 0.717) is 23.4 Å². The number of methoxy groups -OCH3 is 2. The second-order valence-corrected chi connectivity index (χ2v) is 10.5. The molecule has 0 unspecified atom stereocenters. The summed E-state index contributed by atoms with van der Waals surface area (Å²) in [6.07, 6.45) is 3.30. The minimum Gasteiger partial charge on any atom is -0.497 e. The van der Waals surface area contributed by atoms with Gasteiger partial charge >= 0.3 is 0 Å². The Morgan fingerprint density at radius 2 is 1.72 bits per heavy atom. The quantitative estimate of drug-likeness (QED) is 0.222. The van der Waals surface area contributed by atoms with Gasteiger partial charge in [0.25, 0.3) is 0 Å². The lowest BCUT2D eigenvalue weighted by Gasteiger charge is -2.45. The fraction of sp³-hybridized carbons (Fsp3) is 0.424. The first kappa shape index (κ1) is 28.8. The summed E-state index contributed by atoms with van der Waals surface area (Å²) in [7, 11) is 5.27. The number of ether oxygens (including phenoxy) is 2. The second kappa shape index (κ2) is 13.7. The molecule has 0 aliphatic carbocycles. The van der Waals surface area contributed by atoms with Crippen LogP contribution in [0.25, 0.3) is 0 Å². The first-order chi connectivity index (χ1) is 19.0. The number of ketones is 1. The number of benzene rings is 3. The molecule has 3 aromatic rings. The molecular weight excluding hydrogens is 491 g/mol. The molecule has 6 heteroatoms. The monoisotopic (exact) mass is 532 g/mol. The van der Waals surface area contributed by atoms with Crippen LogP contribution >= 0.6 is 0 Å². The van der Waals surface area contributed by atoms with E-state index in [0.717, 1.165) is 55.8 Å². The van der Waals surface area contributed by atoms with Gasteiger partial charge in [0.2, 0.25) is 0 Å². The van der Waals surface area contributed by atoms with Gasteiger partial charge in [0.15, 0.2) is 5.78 Å². The van der Waals surface area contributed by atoms with E-state index < -0.39 is 0 Å². The number of nitrogens with one attached hydrogen (secondary N) is 1. The zero-order valence-corrected chi connectivity index (χ0v) is 23.6.